The number of carbonyl (C=O) groups is 2. The Bertz CT molecular complexity index is 469. The molecule has 1 aromatic carbocycles. The van der Waals surface area contributed by atoms with Crippen LogP contribution in [0, 0.1) is 5.92 Å². The smallest absolute Gasteiger partial charge is 0.319 e. The number of likely N-dealkylation sites (N-methyl/N-ethyl adjacent to an activating group) is 1. The van der Waals surface area contributed by atoms with Crippen molar-refractivity contribution in [2.24, 2.45) is 5.92 Å². The molecule has 0 radical (unpaired) electrons. The molecule has 0 bridgehead atoms. The van der Waals surface area contributed by atoms with Crippen LogP contribution in [0.1, 0.15) is 12.0 Å². The summed E-state index contributed by atoms with van der Waals surface area (Å²) >= 11 is 0. The molecule has 5 nitrogen and oxygen atoms in total. The highest BCUT2D eigenvalue weighted by Crippen LogP contribution is 2.20. The number of hydrogen-bond donors (Lipinski definition) is 1. The zero-order valence-corrected chi connectivity index (χ0v) is 11.7. The molecule has 1 aromatic rings. The number of urea groups is 1. The molecular formula is C15H20N2O3. The van der Waals surface area contributed by atoms with Gasteiger partial charge in [-0.1, -0.05) is 30.3 Å². The average Bonchev–Trinajstić information content (AvgIpc) is 2.40. The van der Waals surface area contributed by atoms with Crippen LogP contribution in [0.4, 0.5) is 4.79 Å². The summed E-state index contributed by atoms with van der Waals surface area (Å²) in [5, 5.41) is 8.68. The third kappa shape index (κ3) is 3.73. The highest BCUT2D eigenvalue weighted by Gasteiger charge is 2.33. The third-order valence-corrected chi connectivity index (χ3v) is 3.60. The Labute approximate surface area is 118 Å². The van der Waals surface area contributed by atoms with Crippen molar-refractivity contribution in [2.75, 3.05) is 26.7 Å². The predicted molar refractivity (Wildman–Crippen MR) is 75.5 cm³/mol. The van der Waals surface area contributed by atoms with Crippen molar-refractivity contribution in [3.05, 3.63) is 35.9 Å². The maximum atomic E-state index is 12.1. The van der Waals surface area contributed by atoms with Crippen molar-refractivity contribution in [1.29, 1.82) is 0 Å². The third-order valence-electron chi connectivity index (χ3n) is 3.60. The number of nitrogens with zero attached hydrogens (tertiary/aromatic N) is 2. The molecule has 0 saturated carbocycles. The number of carboxylic acid groups (broad SMARTS) is 1. The molecule has 1 fully saturated rings. The van der Waals surface area contributed by atoms with Crippen LogP contribution >= 0.6 is 0 Å². The van der Waals surface area contributed by atoms with Crippen LogP contribution in [0.15, 0.2) is 30.3 Å². The van der Waals surface area contributed by atoms with Crippen LogP contribution in [-0.2, 0) is 11.2 Å². The summed E-state index contributed by atoms with van der Waals surface area (Å²) in [6.45, 7) is 1.78. The number of benzene rings is 1. The fraction of sp³-hybridized carbons (Fsp3) is 0.467. The molecule has 20 heavy (non-hydrogen) atoms. The lowest BCUT2D eigenvalue weighted by Crippen LogP contribution is -2.54. The van der Waals surface area contributed by atoms with Gasteiger partial charge >= 0.3 is 12.0 Å². The van der Waals surface area contributed by atoms with Gasteiger partial charge in [-0.05, 0) is 12.0 Å². The minimum absolute atomic E-state index is 0.0115. The van der Waals surface area contributed by atoms with Gasteiger partial charge in [-0.3, -0.25) is 4.79 Å². The number of likely N-dealkylation sites (tertiary alicyclic amines) is 1. The predicted octanol–water partition coefficient (Wildman–Crippen LogP) is 1.69. The highest BCUT2D eigenvalue weighted by molar-refractivity contribution is 5.75. The minimum atomic E-state index is -0.792. The summed E-state index contributed by atoms with van der Waals surface area (Å²) in [6, 6.07) is 10.0. The summed E-state index contributed by atoms with van der Waals surface area (Å²) in [4.78, 5) is 26.0. The van der Waals surface area contributed by atoms with Gasteiger partial charge in [0.2, 0.25) is 0 Å². The average molecular weight is 276 g/mol. The summed E-state index contributed by atoms with van der Waals surface area (Å²) in [6.07, 6.45) is 0.979. The van der Waals surface area contributed by atoms with E-state index in [0.29, 0.717) is 19.6 Å². The molecular weight excluding hydrogens is 256 g/mol. The van der Waals surface area contributed by atoms with Gasteiger partial charge in [0.15, 0.2) is 0 Å². The number of hydrogen-bond acceptors (Lipinski definition) is 2. The van der Waals surface area contributed by atoms with E-state index in [1.54, 1.807) is 16.8 Å². The van der Waals surface area contributed by atoms with Gasteiger partial charge in [-0.25, -0.2) is 4.79 Å². The number of carboxylic acids is 1. The standard InChI is InChI=1S/C15H20N2O3/c1-16(8-7-12-5-3-2-4-6-12)15(20)17-10-13(11-17)9-14(18)19/h2-6,13H,7-11H2,1H3,(H,18,19). The topological polar surface area (TPSA) is 60.9 Å². The summed E-state index contributed by atoms with van der Waals surface area (Å²) in [7, 11) is 1.79. The van der Waals surface area contributed by atoms with E-state index in [2.05, 4.69) is 0 Å². The van der Waals surface area contributed by atoms with Gasteiger partial charge in [0.1, 0.15) is 0 Å². The summed E-state index contributed by atoms with van der Waals surface area (Å²) < 4.78 is 0. The van der Waals surface area contributed by atoms with Gasteiger partial charge in [0, 0.05) is 32.6 Å². The first-order valence-electron chi connectivity index (χ1n) is 6.82. The van der Waals surface area contributed by atoms with Gasteiger partial charge < -0.3 is 14.9 Å². The van der Waals surface area contributed by atoms with Crippen LogP contribution in [0.25, 0.3) is 0 Å². The Hall–Kier alpha value is -2.04. The van der Waals surface area contributed by atoms with Crippen molar-refractivity contribution in [1.82, 2.24) is 9.80 Å². The zero-order valence-electron chi connectivity index (χ0n) is 11.7. The van der Waals surface area contributed by atoms with Gasteiger partial charge in [-0.15, -0.1) is 0 Å². The van der Waals surface area contributed by atoms with Crippen molar-refractivity contribution < 1.29 is 14.7 Å². The van der Waals surface area contributed by atoms with Gasteiger partial charge in [0.25, 0.3) is 0 Å². The second-order valence-corrected chi connectivity index (χ2v) is 5.31. The van der Waals surface area contributed by atoms with E-state index in [9.17, 15) is 9.59 Å². The Balaban J connectivity index is 1.72. The van der Waals surface area contributed by atoms with E-state index in [-0.39, 0.29) is 18.4 Å². The van der Waals surface area contributed by atoms with Crippen molar-refractivity contribution >= 4 is 12.0 Å². The molecule has 1 aliphatic heterocycles. The van der Waals surface area contributed by atoms with Gasteiger partial charge in [-0.2, -0.15) is 0 Å². The van der Waals surface area contributed by atoms with Crippen LogP contribution in [0.2, 0.25) is 0 Å². The molecule has 1 aliphatic rings. The minimum Gasteiger partial charge on any atom is -0.481 e. The maximum Gasteiger partial charge on any atom is 0.319 e. The second-order valence-electron chi connectivity index (χ2n) is 5.31. The molecule has 2 rings (SSSR count). The first kappa shape index (κ1) is 14.4. The van der Waals surface area contributed by atoms with Crippen LogP contribution < -0.4 is 0 Å². The molecule has 0 aromatic heterocycles. The van der Waals surface area contributed by atoms with E-state index in [0.717, 1.165) is 6.42 Å². The summed E-state index contributed by atoms with van der Waals surface area (Å²) in [5.41, 5.74) is 1.21. The molecule has 1 N–H and O–H groups in total. The molecule has 2 amide bonds. The Morgan fingerprint density at radius 1 is 1.30 bits per heavy atom. The Morgan fingerprint density at radius 2 is 1.95 bits per heavy atom. The zero-order chi connectivity index (χ0) is 14.5. The first-order chi connectivity index (χ1) is 9.56. The SMILES string of the molecule is CN(CCc1ccccc1)C(=O)N1CC(CC(=O)O)C1. The molecule has 0 aliphatic carbocycles. The van der Waals surface area contributed by atoms with E-state index >= 15 is 0 Å². The van der Waals surface area contributed by atoms with Crippen molar-refractivity contribution in [3.8, 4) is 0 Å². The fourth-order valence-corrected chi connectivity index (χ4v) is 2.38. The quantitative estimate of drug-likeness (QED) is 0.890. The number of aliphatic carboxylic acids is 1. The number of amides is 2. The molecule has 0 spiro atoms. The summed E-state index contributed by atoms with van der Waals surface area (Å²) in [5.74, 6) is -0.682. The number of rotatable bonds is 5. The van der Waals surface area contributed by atoms with E-state index < -0.39 is 5.97 Å². The van der Waals surface area contributed by atoms with E-state index in [4.69, 9.17) is 5.11 Å². The first-order valence-corrected chi connectivity index (χ1v) is 6.82. The molecule has 5 heteroatoms. The lowest BCUT2D eigenvalue weighted by atomic mass is 9.97. The van der Waals surface area contributed by atoms with Crippen LogP contribution in [0.3, 0.4) is 0 Å². The fourth-order valence-electron chi connectivity index (χ4n) is 2.38. The Morgan fingerprint density at radius 3 is 2.55 bits per heavy atom. The van der Waals surface area contributed by atoms with Gasteiger partial charge in [0.05, 0.1) is 6.42 Å². The normalized spacial score (nSPS) is 14.8. The molecule has 0 atom stereocenters. The van der Waals surface area contributed by atoms with Crippen molar-refractivity contribution in [3.63, 3.8) is 0 Å². The highest BCUT2D eigenvalue weighted by atomic mass is 16.4. The molecule has 1 heterocycles. The van der Waals surface area contributed by atoms with Crippen molar-refractivity contribution in [2.45, 2.75) is 12.8 Å². The number of carbonyl (C=O) groups excluding carboxylic acids is 1. The maximum absolute atomic E-state index is 12.1. The molecule has 0 unspecified atom stereocenters. The monoisotopic (exact) mass is 276 g/mol. The lowest BCUT2D eigenvalue weighted by Gasteiger charge is -2.40. The van der Waals surface area contributed by atoms with E-state index in [1.807, 2.05) is 30.3 Å². The second kappa shape index (κ2) is 6.41. The lowest BCUT2D eigenvalue weighted by molar-refractivity contribution is -0.139. The largest absolute Gasteiger partial charge is 0.481 e. The molecule has 1 saturated heterocycles. The molecule has 108 valence electrons. The van der Waals surface area contributed by atoms with Crippen LogP contribution in [0.5, 0.6) is 0 Å². The van der Waals surface area contributed by atoms with Crippen LogP contribution in [-0.4, -0.2) is 53.6 Å². The van der Waals surface area contributed by atoms with E-state index in [1.165, 1.54) is 5.56 Å². The Kier molecular flexibility index (Phi) is 4.61.